The third-order valence-electron chi connectivity index (χ3n) is 2.41. The van der Waals surface area contributed by atoms with E-state index in [-0.39, 0.29) is 15.6 Å². The summed E-state index contributed by atoms with van der Waals surface area (Å²) in [5.74, 6) is -1.60. The highest BCUT2D eigenvalue weighted by Gasteiger charge is 2.09. The second-order valence-electron chi connectivity index (χ2n) is 3.75. The van der Waals surface area contributed by atoms with Crippen LogP contribution >= 0.6 is 23.2 Å². The second kappa shape index (κ2) is 5.47. The first-order valence-corrected chi connectivity index (χ1v) is 5.98. The van der Waals surface area contributed by atoms with Gasteiger partial charge in [0.1, 0.15) is 5.82 Å². The Hall–Kier alpha value is -1.78. The Bertz CT molecular complexity index is 647. The Balaban J connectivity index is 2.26. The van der Waals surface area contributed by atoms with Gasteiger partial charge in [-0.3, -0.25) is 0 Å². The number of rotatable bonds is 3. The molecule has 98 valence electrons. The van der Waals surface area contributed by atoms with Gasteiger partial charge in [-0.2, -0.15) is 0 Å². The van der Waals surface area contributed by atoms with Crippen LogP contribution in [0.2, 0.25) is 10.0 Å². The van der Waals surface area contributed by atoms with Gasteiger partial charge in [-0.25, -0.2) is 9.18 Å². The van der Waals surface area contributed by atoms with Gasteiger partial charge in [0.05, 0.1) is 15.6 Å². The van der Waals surface area contributed by atoms with E-state index in [1.165, 1.54) is 30.3 Å². The highest BCUT2D eigenvalue weighted by molar-refractivity contribution is 6.33. The Morgan fingerprint density at radius 1 is 1.05 bits per heavy atom. The number of benzene rings is 2. The first-order chi connectivity index (χ1) is 8.97. The summed E-state index contributed by atoms with van der Waals surface area (Å²) in [4.78, 5) is 10.8. The molecule has 0 saturated heterocycles. The summed E-state index contributed by atoms with van der Waals surface area (Å²) in [7, 11) is 0. The van der Waals surface area contributed by atoms with Gasteiger partial charge in [0.25, 0.3) is 0 Å². The Kier molecular flexibility index (Phi) is 3.93. The number of nitrogens with one attached hydrogen (secondary N) is 1. The fourth-order valence-electron chi connectivity index (χ4n) is 1.51. The summed E-state index contributed by atoms with van der Waals surface area (Å²) in [6.07, 6.45) is 0. The summed E-state index contributed by atoms with van der Waals surface area (Å²) in [6.45, 7) is 0. The molecule has 0 spiro atoms. The Labute approximate surface area is 118 Å². The molecule has 0 atom stereocenters. The summed E-state index contributed by atoms with van der Waals surface area (Å²) < 4.78 is 13.0. The number of aromatic carboxylic acids is 1. The molecule has 0 bridgehead atoms. The molecule has 0 saturated carbocycles. The van der Waals surface area contributed by atoms with Crippen molar-refractivity contribution >= 4 is 40.5 Å². The molecular weight excluding hydrogens is 292 g/mol. The summed E-state index contributed by atoms with van der Waals surface area (Å²) in [6, 6.07) is 8.60. The van der Waals surface area contributed by atoms with Crippen molar-refractivity contribution in [1.29, 1.82) is 0 Å². The molecule has 2 rings (SSSR count). The van der Waals surface area contributed by atoms with Gasteiger partial charge in [0, 0.05) is 11.4 Å². The Morgan fingerprint density at radius 3 is 2.16 bits per heavy atom. The third kappa shape index (κ3) is 3.16. The lowest BCUT2D eigenvalue weighted by Crippen LogP contribution is -1.98. The molecule has 0 fully saturated rings. The van der Waals surface area contributed by atoms with E-state index in [4.69, 9.17) is 28.3 Å². The van der Waals surface area contributed by atoms with E-state index in [0.29, 0.717) is 11.4 Å². The van der Waals surface area contributed by atoms with Gasteiger partial charge >= 0.3 is 5.97 Å². The fraction of sp³-hybridized carbons (Fsp3) is 0. The molecule has 0 aliphatic carbocycles. The van der Waals surface area contributed by atoms with Crippen molar-refractivity contribution in [3.63, 3.8) is 0 Å². The SMILES string of the molecule is O=C(O)c1ccc(Nc2ccc(F)c(Cl)c2)cc1Cl. The third-order valence-corrected chi connectivity index (χ3v) is 3.01. The van der Waals surface area contributed by atoms with E-state index in [1.54, 1.807) is 6.07 Å². The van der Waals surface area contributed by atoms with Crippen molar-refractivity contribution in [2.24, 2.45) is 0 Å². The predicted molar refractivity (Wildman–Crippen MR) is 73.1 cm³/mol. The number of anilines is 2. The number of hydrogen-bond donors (Lipinski definition) is 2. The summed E-state index contributed by atoms with van der Waals surface area (Å²) in [5.41, 5.74) is 1.17. The minimum Gasteiger partial charge on any atom is -0.478 e. The van der Waals surface area contributed by atoms with Crippen molar-refractivity contribution < 1.29 is 14.3 Å². The van der Waals surface area contributed by atoms with E-state index in [1.807, 2.05) is 0 Å². The van der Waals surface area contributed by atoms with Gasteiger partial charge in [0.15, 0.2) is 0 Å². The number of hydrogen-bond acceptors (Lipinski definition) is 2. The van der Waals surface area contributed by atoms with Crippen LogP contribution in [-0.4, -0.2) is 11.1 Å². The predicted octanol–water partition coefficient (Wildman–Crippen LogP) is 4.57. The van der Waals surface area contributed by atoms with E-state index in [2.05, 4.69) is 5.32 Å². The number of carboxylic acids is 1. The summed E-state index contributed by atoms with van der Waals surface area (Å²) in [5, 5.41) is 11.9. The van der Waals surface area contributed by atoms with Crippen LogP contribution in [0.15, 0.2) is 36.4 Å². The van der Waals surface area contributed by atoms with Crippen molar-refractivity contribution in [2.75, 3.05) is 5.32 Å². The first-order valence-electron chi connectivity index (χ1n) is 5.22. The molecule has 2 N–H and O–H groups in total. The van der Waals surface area contributed by atoms with Gasteiger partial charge in [0.2, 0.25) is 0 Å². The number of carboxylic acid groups (broad SMARTS) is 1. The van der Waals surface area contributed by atoms with Crippen molar-refractivity contribution in [3.8, 4) is 0 Å². The average Bonchev–Trinajstić information content (AvgIpc) is 2.33. The monoisotopic (exact) mass is 299 g/mol. The molecule has 0 heterocycles. The molecule has 0 aromatic heterocycles. The largest absolute Gasteiger partial charge is 0.478 e. The molecule has 0 unspecified atom stereocenters. The molecular formula is C13H8Cl2FNO2. The maximum atomic E-state index is 13.0. The van der Waals surface area contributed by atoms with E-state index in [9.17, 15) is 9.18 Å². The van der Waals surface area contributed by atoms with Crippen molar-refractivity contribution in [1.82, 2.24) is 0 Å². The van der Waals surface area contributed by atoms with Crippen LogP contribution in [0.3, 0.4) is 0 Å². The second-order valence-corrected chi connectivity index (χ2v) is 4.57. The van der Waals surface area contributed by atoms with Crippen LogP contribution in [0.25, 0.3) is 0 Å². The Morgan fingerprint density at radius 2 is 1.63 bits per heavy atom. The zero-order valence-electron chi connectivity index (χ0n) is 9.45. The molecule has 19 heavy (non-hydrogen) atoms. The summed E-state index contributed by atoms with van der Waals surface area (Å²) >= 11 is 11.5. The van der Waals surface area contributed by atoms with E-state index in [0.717, 1.165) is 0 Å². The first kappa shape index (κ1) is 13.6. The maximum absolute atomic E-state index is 13.0. The number of halogens is 3. The van der Waals surface area contributed by atoms with Gasteiger partial charge in [-0.15, -0.1) is 0 Å². The minimum absolute atomic E-state index is 0.00162. The molecule has 6 heteroatoms. The molecule has 2 aromatic rings. The molecule has 0 aliphatic rings. The normalized spacial score (nSPS) is 10.3. The lowest BCUT2D eigenvalue weighted by Gasteiger charge is -2.08. The van der Waals surface area contributed by atoms with E-state index >= 15 is 0 Å². The quantitative estimate of drug-likeness (QED) is 0.872. The molecule has 3 nitrogen and oxygen atoms in total. The van der Waals surface area contributed by atoms with Crippen molar-refractivity contribution in [2.45, 2.75) is 0 Å². The lowest BCUT2D eigenvalue weighted by atomic mass is 10.2. The zero-order chi connectivity index (χ0) is 14.0. The van der Waals surface area contributed by atoms with Crippen LogP contribution in [-0.2, 0) is 0 Å². The van der Waals surface area contributed by atoms with E-state index < -0.39 is 11.8 Å². The van der Waals surface area contributed by atoms with Crippen LogP contribution in [0.1, 0.15) is 10.4 Å². The van der Waals surface area contributed by atoms with Crippen LogP contribution in [0.5, 0.6) is 0 Å². The van der Waals surface area contributed by atoms with Gasteiger partial charge < -0.3 is 10.4 Å². The molecule has 0 amide bonds. The molecule has 2 aromatic carbocycles. The van der Waals surface area contributed by atoms with Crippen molar-refractivity contribution in [3.05, 3.63) is 57.8 Å². The smallest absolute Gasteiger partial charge is 0.337 e. The highest BCUT2D eigenvalue weighted by atomic mass is 35.5. The van der Waals surface area contributed by atoms with Crippen LogP contribution in [0, 0.1) is 5.82 Å². The van der Waals surface area contributed by atoms with Crippen LogP contribution < -0.4 is 5.32 Å². The molecule has 0 radical (unpaired) electrons. The lowest BCUT2D eigenvalue weighted by molar-refractivity contribution is 0.0697. The average molecular weight is 300 g/mol. The van der Waals surface area contributed by atoms with Crippen LogP contribution in [0.4, 0.5) is 15.8 Å². The minimum atomic E-state index is -1.10. The maximum Gasteiger partial charge on any atom is 0.337 e. The standard InChI is InChI=1S/C13H8Cl2FNO2/c14-10-5-7(1-3-9(10)13(18)19)17-8-2-4-12(16)11(15)6-8/h1-6,17H,(H,18,19). The highest BCUT2D eigenvalue weighted by Crippen LogP contribution is 2.26. The fourth-order valence-corrected chi connectivity index (χ4v) is 1.95. The van der Waals surface area contributed by atoms with Gasteiger partial charge in [-0.1, -0.05) is 23.2 Å². The number of carbonyl (C=O) groups is 1. The zero-order valence-corrected chi connectivity index (χ0v) is 11.0. The van der Waals surface area contributed by atoms with Gasteiger partial charge in [-0.05, 0) is 36.4 Å². The topological polar surface area (TPSA) is 49.3 Å². The molecule has 0 aliphatic heterocycles.